The fourth-order valence-corrected chi connectivity index (χ4v) is 4.74. The molecule has 0 atom stereocenters. The molecule has 2 aromatic carbocycles. The van der Waals surface area contributed by atoms with Crippen molar-refractivity contribution in [2.75, 3.05) is 0 Å². The van der Waals surface area contributed by atoms with Crippen LogP contribution in [0.3, 0.4) is 0 Å². The Bertz CT molecular complexity index is 874. The van der Waals surface area contributed by atoms with Crippen molar-refractivity contribution >= 4 is 58.2 Å². The van der Waals surface area contributed by atoms with Crippen LogP contribution in [-0.2, 0) is 0 Å². The highest BCUT2D eigenvalue weighted by atomic mass is 79.9. The third-order valence-electron chi connectivity index (χ3n) is 3.03. The van der Waals surface area contributed by atoms with Crippen molar-refractivity contribution in [2.45, 2.75) is 0 Å². The summed E-state index contributed by atoms with van der Waals surface area (Å²) in [6, 6.07) is 16.8. The number of halogens is 1. The molecule has 19 heavy (non-hydrogen) atoms. The molecule has 0 N–H and O–H groups in total. The Labute approximate surface area is 126 Å². The molecule has 0 aliphatic carbocycles. The van der Waals surface area contributed by atoms with Crippen LogP contribution in [0.25, 0.3) is 30.2 Å². The van der Waals surface area contributed by atoms with E-state index in [1.807, 2.05) is 11.3 Å². The van der Waals surface area contributed by atoms with Gasteiger partial charge in [0.2, 0.25) is 0 Å². The van der Waals surface area contributed by atoms with Crippen LogP contribution in [0, 0.1) is 0 Å². The van der Waals surface area contributed by atoms with Gasteiger partial charge in [-0.25, -0.2) is 4.98 Å². The zero-order valence-corrected chi connectivity index (χ0v) is 13.0. The van der Waals surface area contributed by atoms with Crippen LogP contribution in [0.5, 0.6) is 0 Å². The molecular weight excluding hydrogens is 338 g/mol. The van der Waals surface area contributed by atoms with Crippen molar-refractivity contribution in [1.29, 1.82) is 0 Å². The van der Waals surface area contributed by atoms with Gasteiger partial charge in [-0.15, -0.1) is 22.7 Å². The molecule has 0 unspecified atom stereocenters. The first kappa shape index (κ1) is 11.6. The molecule has 0 aliphatic heterocycles. The molecule has 0 saturated heterocycles. The first-order chi connectivity index (χ1) is 9.31. The van der Waals surface area contributed by atoms with Crippen LogP contribution in [0.15, 0.2) is 53.0 Å². The molecular formula is C15H8BrNS2. The van der Waals surface area contributed by atoms with E-state index in [4.69, 9.17) is 4.98 Å². The molecule has 2 aromatic heterocycles. The van der Waals surface area contributed by atoms with Crippen molar-refractivity contribution < 1.29 is 0 Å². The lowest BCUT2D eigenvalue weighted by Crippen LogP contribution is -1.75. The van der Waals surface area contributed by atoms with Crippen LogP contribution >= 0.6 is 38.6 Å². The normalized spacial score (nSPS) is 11.4. The van der Waals surface area contributed by atoms with Crippen molar-refractivity contribution in [2.24, 2.45) is 0 Å². The zero-order valence-electron chi connectivity index (χ0n) is 9.76. The van der Waals surface area contributed by atoms with E-state index < -0.39 is 0 Å². The van der Waals surface area contributed by atoms with Crippen LogP contribution < -0.4 is 0 Å². The van der Waals surface area contributed by atoms with E-state index in [0.29, 0.717) is 0 Å². The summed E-state index contributed by atoms with van der Waals surface area (Å²) < 4.78 is 3.72. The first-order valence-electron chi connectivity index (χ1n) is 5.85. The average Bonchev–Trinajstić information content (AvgIpc) is 2.97. The summed E-state index contributed by atoms with van der Waals surface area (Å²) in [6.07, 6.45) is 0. The highest BCUT2D eigenvalue weighted by molar-refractivity contribution is 9.10. The van der Waals surface area contributed by atoms with Crippen LogP contribution in [0.1, 0.15) is 0 Å². The molecule has 2 heterocycles. The van der Waals surface area contributed by atoms with Gasteiger partial charge in [0.25, 0.3) is 0 Å². The van der Waals surface area contributed by atoms with Crippen LogP contribution in [0.4, 0.5) is 0 Å². The van der Waals surface area contributed by atoms with E-state index in [2.05, 4.69) is 64.5 Å². The molecule has 4 rings (SSSR count). The van der Waals surface area contributed by atoms with E-state index in [-0.39, 0.29) is 0 Å². The number of thiazole rings is 1. The fraction of sp³-hybridized carbons (Fsp3) is 0. The Balaban J connectivity index is 1.94. The number of aromatic nitrogens is 1. The van der Waals surface area contributed by atoms with Crippen molar-refractivity contribution in [3.8, 4) is 10.6 Å². The number of hydrogen-bond donors (Lipinski definition) is 0. The largest absolute Gasteiger partial charge is 0.234 e. The van der Waals surface area contributed by atoms with Gasteiger partial charge < -0.3 is 0 Å². The Kier molecular flexibility index (Phi) is 2.69. The molecule has 1 nitrogen and oxygen atoms in total. The molecule has 0 spiro atoms. The topological polar surface area (TPSA) is 12.9 Å². The molecule has 4 aromatic rings. The van der Waals surface area contributed by atoms with Gasteiger partial charge in [-0.1, -0.05) is 46.3 Å². The van der Waals surface area contributed by atoms with Crippen LogP contribution in [-0.4, -0.2) is 4.98 Å². The summed E-state index contributed by atoms with van der Waals surface area (Å²) in [7, 11) is 0. The molecule has 0 amide bonds. The van der Waals surface area contributed by atoms with Gasteiger partial charge in [-0.2, -0.15) is 0 Å². The van der Waals surface area contributed by atoms with Gasteiger partial charge in [-0.05, 0) is 18.2 Å². The summed E-state index contributed by atoms with van der Waals surface area (Å²) in [5.74, 6) is 0. The van der Waals surface area contributed by atoms with Gasteiger partial charge >= 0.3 is 0 Å². The number of fused-ring (bicyclic) bond motifs is 3. The average molecular weight is 346 g/mol. The van der Waals surface area contributed by atoms with Gasteiger partial charge in [0.1, 0.15) is 14.5 Å². The molecule has 0 fully saturated rings. The summed E-state index contributed by atoms with van der Waals surface area (Å²) in [5, 5.41) is 2.36. The van der Waals surface area contributed by atoms with Gasteiger partial charge in [0.05, 0.1) is 0 Å². The quantitative estimate of drug-likeness (QED) is 0.416. The van der Waals surface area contributed by atoms with Crippen molar-refractivity contribution in [3.63, 3.8) is 0 Å². The number of thiophene rings is 1. The number of nitrogens with zero attached hydrogens (tertiary/aromatic N) is 1. The minimum absolute atomic E-state index is 1.10. The zero-order chi connectivity index (χ0) is 12.8. The Morgan fingerprint density at radius 2 is 1.68 bits per heavy atom. The molecule has 0 radical (unpaired) electrons. The van der Waals surface area contributed by atoms with Crippen molar-refractivity contribution in [3.05, 3.63) is 53.0 Å². The lowest BCUT2D eigenvalue weighted by atomic mass is 10.2. The van der Waals surface area contributed by atoms with Gasteiger partial charge in [0.15, 0.2) is 0 Å². The molecule has 0 aliphatic rings. The Morgan fingerprint density at radius 3 is 2.53 bits per heavy atom. The monoisotopic (exact) mass is 345 g/mol. The molecule has 92 valence electrons. The number of hydrogen-bond acceptors (Lipinski definition) is 3. The van der Waals surface area contributed by atoms with Crippen LogP contribution in [0.2, 0.25) is 0 Å². The SMILES string of the molecule is Brc1ccc(-c2nc3c(s2)sc2ccccc23)cc1. The predicted molar refractivity (Wildman–Crippen MR) is 88.1 cm³/mol. The summed E-state index contributed by atoms with van der Waals surface area (Å²) >= 11 is 7.06. The summed E-state index contributed by atoms with van der Waals surface area (Å²) in [6.45, 7) is 0. The highest BCUT2D eigenvalue weighted by Crippen LogP contribution is 2.40. The maximum Gasteiger partial charge on any atom is 0.125 e. The second-order valence-corrected chi connectivity index (χ2v) is 7.49. The van der Waals surface area contributed by atoms with Crippen molar-refractivity contribution in [1.82, 2.24) is 4.98 Å². The minimum Gasteiger partial charge on any atom is -0.234 e. The Morgan fingerprint density at radius 1 is 0.895 bits per heavy atom. The van der Waals surface area contributed by atoms with E-state index in [9.17, 15) is 0 Å². The third kappa shape index (κ3) is 1.91. The second-order valence-electron chi connectivity index (χ2n) is 4.26. The van der Waals surface area contributed by atoms with E-state index in [1.54, 1.807) is 11.3 Å². The lowest BCUT2D eigenvalue weighted by molar-refractivity contribution is 1.49. The maximum absolute atomic E-state index is 4.81. The summed E-state index contributed by atoms with van der Waals surface area (Å²) in [5.41, 5.74) is 2.32. The standard InChI is InChI=1S/C15H8BrNS2/c16-10-7-5-9(6-8-10)14-17-13-11-3-1-2-4-12(11)18-15(13)19-14/h1-8H. The van der Waals surface area contributed by atoms with E-state index >= 15 is 0 Å². The second kappa shape index (κ2) is 4.40. The van der Waals surface area contributed by atoms with E-state index in [1.165, 1.54) is 19.7 Å². The fourth-order valence-electron chi connectivity index (χ4n) is 2.11. The predicted octanol–water partition coefficient (Wildman–Crippen LogP) is 5.94. The molecule has 4 heteroatoms. The van der Waals surface area contributed by atoms with Gasteiger partial charge in [-0.3, -0.25) is 0 Å². The van der Waals surface area contributed by atoms with Gasteiger partial charge in [0, 0.05) is 20.1 Å². The minimum atomic E-state index is 1.10. The Hall–Kier alpha value is -1.23. The molecule has 0 bridgehead atoms. The molecule has 0 saturated carbocycles. The number of benzene rings is 2. The highest BCUT2D eigenvalue weighted by Gasteiger charge is 2.11. The third-order valence-corrected chi connectivity index (χ3v) is 5.91. The number of rotatable bonds is 1. The first-order valence-corrected chi connectivity index (χ1v) is 8.28. The lowest BCUT2D eigenvalue weighted by Gasteiger charge is -1.95. The maximum atomic E-state index is 4.81. The smallest absolute Gasteiger partial charge is 0.125 e. The summed E-state index contributed by atoms with van der Waals surface area (Å²) in [4.78, 5) is 4.81. The van der Waals surface area contributed by atoms with E-state index in [0.717, 1.165) is 15.0 Å².